The van der Waals surface area contributed by atoms with Crippen LogP contribution in [0.15, 0.2) is 27.9 Å². The number of fused-ring (bicyclic) bond motifs is 1. The van der Waals surface area contributed by atoms with E-state index in [0.29, 0.717) is 10.8 Å². The smallest absolute Gasteiger partial charge is 0.230 e. The first-order chi connectivity index (χ1) is 10.1. The second-order valence-electron chi connectivity index (χ2n) is 4.27. The largest absolute Gasteiger partial charge is 0.375 e. The van der Waals surface area contributed by atoms with Crippen LogP contribution in [0.1, 0.15) is 5.69 Å². The molecule has 0 aliphatic carbocycles. The predicted octanol–water partition coefficient (Wildman–Crippen LogP) is 3.24. The van der Waals surface area contributed by atoms with Crippen molar-refractivity contribution in [1.82, 2.24) is 9.97 Å². The number of carbonyl (C=O) groups excluding carboxylic acids is 1. The second kappa shape index (κ2) is 6.00. The van der Waals surface area contributed by atoms with Gasteiger partial charge in [0.15, 0.2) is 9.47 Å². The van der Waals surface area contributed by atoms with Gasteiger partial charge in [0, 0.05) is 11.1 Å². The molecule has 5 nitrogen and oxygen atoms in total. The molecule has 0 radical (unpaired) electrons. The van der Waals surface area contributed by atoms with Crippen molar-refractivity contribution < 1.29 is 4.79 Å². The Balaban J connectivity index is 1.73. The summed E-state index contributed by atoms with van der Waals surface area (Å²) in [6, 6.07) is 5.72. The molecule has 0 spiro atoms. The van der Waals surface area contributed by atoms with Crippen molar-refractivity contribution in [3.8, 4) is 0 Å². The van der Waals surface area contributed by atoms with E-state index in [4.69, 9.17) is 5.73 Å². The van der Waals surface area contributed by atoms with Gasteiger partial charge < -0.3 is 11.1 Å². The average Bonchev–Trinajstić information content (AvgIpc) is 3.04. The molecule has 0 saturated heterocycles. The Labute approximate surface area is 133 Å². The first-order valence-electron chi connectivity index (χ1n) is 6.08. The van der Waals surface area contributed by atoms with Crippen LogP contribution in [0.4, 0.5) is 10.8 Å². The topological polar surface area (TPSA) is 80.9 Å². The monoisotopic (exact) mass is 336 g/mol. The van der Waals surface area contributed by atoms with Crippen LogP contribution in [0.25, 0.3) is 10.2 Å². The van der Waals surface area contributed by atoms with E-state index < -0.39 is 0 Å². The highest BCUT2D eigenvalue weighted by Crippen LogP contribution is 2.30. The number of nitrogens with two attached hydrogens (primary N) is 1. The third-order valence-electron chi connectivity index (χ3n) is 2.74. The van der Waals surface area contributed by atoms with Gasteiger partial charge in [-0.3, -0.25) is 4.79 Å². The zero-order valence-corrected chi connectivity index (χ0v) is 13.6. The van der Waals surface area contributed by atoms with Gasteiger partial charge in [-0.2, -0.15) is 0 Å². The molecular formula is C13H12N4OS3. The summed E-state index contributed by atoms with van der Waals surface area (Å²) in [7, 11) is 0. The Morgan fingerprint density at radius 2 is 2.29 bits per heavy atom. The van der Waals surface area contributed by atoms with Gasteiger partial charge in [0.1, 0.15) is 0 Å². The zero-order chi connectivity index (χ0) is 14.8. The van der Waals surface area contributed by atoms with Crippen molar-refractivity contribution >= 4 is 61.4 Å². The van der Waals surface area contributed by atoms with Gasteiger partial charge in [-0.05, 0) is 24.5 Å². The van der Waals surface area contributed by atoms with Gasteiger partial charge in [0.25, 0.3) is 0 Å². The Kier molecular flexibility index (Phi) is 4.09. The number of nitrogens with one attached hydrogen (secondary N) is 1. The van der Waals surface area contributed by atoms with Crippen LogP contribution < -0.4 is 11.1 Å². The van der Waals surface area contributed by atoms with Crippen molar-refractivity contribution in [2.24, 2.45) is 0 Å². The van der Waals surface area contributed by atoms with Crippen LogP contribution in [0.5, 0.6) is 0 Å². The highest BCUT2D eigenvalue weighted by atomic mass is 32.2. The molecule has 21 heavy (non-hydrogen) atoms. The third-order valence-corrected chi connectivity index (χ3v) is 5.46. The maximum Gasteiger partial charge on any atom is 0.230 e. The summed E-state index contributed by atoms with van der Waals surface area (Å²) in [6.45, 7) is 0. The second-order valence-corrected chi connectivity index (χ2v) is 7.24. The Hall–Kier alpha value is -1.64. The minimum Gasteiger partial charge on any atom is -0.375 e. The van der Waals surface area contributed by atoms with Crippen molar-refractivity contribution in [2.75, 3.05) is 17.3 Å². The molecule has 3 N–H and O–H groups in total. The summed E-state index contributed by atoms with van der Waals surface area (Å²) in [6.07, 6.45) is 2.23. The SMILES string of the molecule is CSc1nc2ccc(NC(=O)Cc3csc(N)n3)cc2s1. The molecule has 0 bridgehead atoms. The number of aromatic nitrogens is 2. The molecule has 108 valence electrons. The fourth-order valence-electron chi connectivity index (χ4n) is 1.84. The Morgan fingerprint density at radius 1 is 1.43 bits per heavy atom. The lowest BCUT2D eigenvalue weighted by Gasteiger charge is -2.03. The van der Waals surface area contributed by atoms with Crippen LogP contribution in [0.3, 0.4) is 0 Å². The lowest BCUT2D eigenvalue weighted by atomic mass is 10.2. The Morgan fingerprint density at radius 3 is 3.00 bits per heavy atom. The summed E-state index contributed by atoms with van der Waals surface area (Å²) < 4.78 is 2.08. The molecule has 0 aliphatic heterocycles. The molecule has 2 aromatic heterocycles. The highest BCUT2D eigenvalue weighted by Gasteiger charge is 2.09. The lowest BCUT2D eigenvalue weighted by Crippen LogP contribution is -2.14. The van der Waals surface area contributed by atoms with Crippen LogP contribution in [-0.2, 0) is 11.2 Å². The van der Waals surface area contributed by atoms with E-state index in [2.05, 4.69) is 15.3 Å². The molecule has 0 saturated carbocycles. The average molecular weight is 336 g/mol. The first-order valence-corrected chi connectivity index (χ1v) is 9.00. The highest BCUT2D eigenvalue weighted by molar-refractivity contribution is 8.00. The molecule has 0 aliphatic rings. The van der Waals surface area contributed by atoms with Gasteiger partial charge in [-0.15, -0.1) is 22.7 Å². The minimum atomic E-state index is -0.103. The van der Waals surface area contributed by atoms with Crippen LogP contribution in [-0.4, -0.2) is 22.1 Å². The molecule has 0 fully saturated rings. The molecule has 3 aromatic rings. The number of nitrogen functional groups attached to an aromatic ring is 1. The predicted molar refractivity (Wildman–Crippen MR) is 90.3 cm³/mol. The zero-order valence-electron chi connectivity index (χ0n) is 11.1. The first kappa shape index (κ1) is 14.3. The van der Waals surface area contributed by atoms with Crippen molar-refractivity contribution in [1.29, 1.82) is 0 Å². The number of hydrogen-bond donors (Lipinski definition) is 2. The van der Waals surface area contributed by atoms with E-state index in [9.17, 15) is 4.79 Å². The summed E-state index contributed by atoms with van der Waals surface area (Å²) in [5.74, 6) is -0.103. The number of thioether (sulfide) groups is 1. The standard InChI is InChI=1S/C13H12N4OS3/c1-19-13-17-9-3-2-7(4-10(9)21-13)15-11(18)5-8-6-20-12(14)16-8/h2-4,6H,5H2,1H3,(H2,14,16)(H,15,18). The molecular weight excluding hydrogens is 324 g/mol. The number of benzene rings is 1. The molecule has 2 heterocycles. The van der Waals surface area contributed by atoms with Crippen molar-refractivity contribution in [2.45, 2.75) is 10.8 Å². The molecule has 0 unspecified atom stereocenters. The number of hydrogen-bond acceptors (Lipinski definition) is 7. The summed E-state index contributed by atoms with van der Waals surface area (Å²) >= 11 is 4.58. The number of thiazole rings is 2. The summed E-state index contributed by atoms with van der Waals surface area (Å²) in [4.78, 5) is 20.5. The van der Waals surface area contributed by atoms with E-state index in [0.717, 1.165) is 20.2 Å². The number of rotatable bonds is 4. The van der Waals surface area contributed by atoms with Gasteiger partial charge >= 0.3 is 0 Å². The van der Waals surface area contributed by atoms with Gasteiger partial charge in [0.05, 0.1) is 22.3 Å². The number of nitrogens with zero attached hydrogens (tertiary/aromatic N) is 2. The quantitative estimate of drug-likeness (QED) is 0.715. The number of carbonyl (C=O) groups is 1. The Bertz CT molecular complexity index is 796. The maximum absolute atomic E-state index is 12.0. The van der Waals surface area contributed by atoms with Gasteiger partial charge in [0.2, 0.25) is 5.91 Å². The maximum atomic E-state index is 12.0. The third kappa shape index (κ3) is 3.34. The molecule has 1 aromatic carbocycles. The molecule has 3 rings (SSSR count). The van der Waals surface area contributed by atoms with Gasteiger partial charge in [-0.1, -0.05) is 11.8 Å². The minimum absolute atomic E-state index is 0.103. The normalized spacial score (nSPS) is 10.9. The van der Waals surface area contributed by atoms with E-state index in [1.54, 1.807) is 28.5 Å². The number of anilines is 2. The molecule has 8 heteroatoms. The van der Waals surface area contributed by atoms with E-state index >= 15 is 0 Å². The van der Waals surface area contributed by atoms with E-state index in [1.165, 1.54) is 11.3 Å². The van der Waals surface area contributed by atoms with Crippen LogP contribution in [0.2, 0.25) is 0 Å². The van der Waals surface area contributed by atoms with E-state index in [-0.39, 0.29) is 12.3 Å². The summed E-state index contributed by atoms with van der Waals surface area (Å²) in [5, 5.41) is 5.15. The van der Waals surface area contributed by atoms with E-state index in [1.807, 2.05) is 24.5 Å². The van der Waals surface area contributed by atoms with Crippen LogP contribution in [0, 0.1) is 0 Å². The lowest BCUT2D eigenvalue weighted by molar-refractivity contribution is -0.115. The fourth-order valence-corrected chi connectivity index (χ4v) is 3.93. The fraction of sp³-hybridized carbons (Fsp3) is 0.154. The van der Waals surface area contributed by atoms with Crippen molar-refractivity contribution in [3.05, 3.63) is 29.3 Å². The van der Waals surface area contributed by atoms with Gasteiger partial charge in [-0.25, -0.2) is 9.97 Å². The van der Waals surface area contributed by atoms with Crippen molar-refractivity contribution in [3.63, 3.8) is 0 Å². The molecule has 1 amide bonds. The summed E-state index contributed by atoms with van der Waals surface area (Å²) in [5.41, 5.74) is 7.97. The van der Waals surface area contributed by atoms with Crippen LogP contribution >= 0.6 is 34.4 Å². The number of amides is 1. The molecule has 0 atom stereocenters.